The van der Waals surface area contributed by atoms with E-state index in [2.05, 4.69) is 5.32 Å². The first-order chi connectivity index (χ1) is 10.0. The van der Waals surface area contributed by atoms with Gasteiger partial charge >= 0.3 is 0 Å². The van der Waals surface area contributed by atoms with Crippen LogP contribution in [0.4, 0.5) is 0 Å². The van der Waals surface area contributed by atoms with Crippen molar-refractivity contribution < 1.29 is 17.6 Å². The normalized spacial score (nSPS) is 22.3. The molecule has 1 fully saturated rings. The first-order valence-electron chi connectivity index (χ1n) is 7.21. The average Bonchev–Trinajstić information content (AvgIpc) is 2.97. The zero-order chi connectivity index (χ0) is 15.3. The number of piperidine rings is 1. The third-order valence-corrected chi connectivity index (χ3v) is 5.09. The van der Waals surface area contributed by atoms with Crippen LogP contribution in [-0.2, 0) is 14.8 Å². The Morgan fingerprint density at radius 2 is 2.38 bits per heavy atom. The highest BCUT2D eigenvalue weighted by molar-refractivity contribution is 7.88. The summed E-state index contributed by atoms with van der Waals surface area (Å²) in [4.78, 5) is 0. The smallest absolute Gasteiger partial charge is 0.211 e. The fraction of sp³-hybridized carbons (Fsp3) is 0.714. The molecule has 0 saturated carbocycles. The molecule has 0 unspecified atom stereocenters. The lowest BCUT2D eigenvalue weighted by atomic mass is 9.99. The van der Waals surface area contributed by atoms with Crippen LogP contribution < -0.4 is 5.32 Å². The van der Waals surface area contributed by atoms with E-state index in [9.17, 15) is 8.42 Å². The standard InChI is InChI=1S/C14H24N2O4S/c1-19-11-13(14-6-4-8-20-14)15-9-12-5-3-7-16(10-12)21(2,17)18/h4,6,8,12-13,15H,3,5,7,9-11H2,1-2H3/t12-,13-/m1/s1. The van der Waals surface area contributed by atoms with Gasteiger partial charge in [0.1, 0.15) is 5.76 Å². The van der Waals surface area contributed by atoms with Crippen LogP contribution in [0.5, 0.6) is 0 Å². The maximum absolute atomic E-state index is 11.6. The van der Waals surface area contributed by atoms with Gasteiger partial charge in [-0.05, 0) is 37.4 Å². The summed E-state index contributed by atoms with van der Waals surface area (Å²) in [6.07, 6.45) is 4.87. The van der Waals surface area contributed by atoms with Gasteiger partial charge in [0, 0.05) is 20.2 Å². The lowest BCUT2D eigenvalue weighted by molar-refractivity contribution is 0.150. The van der Waals surface area contributed by atoms with Crippen LogP contribution >= 0.6 is 0 Å². The van der Waals surface area contributed by atoms with E-state index in [-0.39, 0.29) is 6.04 Å². The van der Waals surface area contributed by atoms with E-state index in [1.807, 2.05) is 12.1 Å². The van der Waals surface area contributed by atoms with Gasteiger partial charge in [0.15, 0.2) is 0 Å². The minimum atomic E-state index is -3.09. The number of nitrogens with one attached hydrogen (secondary N) is 1. The molecule has 1 saturated heterocycles. The monoisotopic (exact) mass is 316 g/mol. The van der Waals surface area contributed by atoms with E-state index >= 15 is 0 Å². The highest BCUT2D eigenvalue weighted by Crippen LogP contribution is 2.20. The van der Waals surface area contributed by atoms with Crippen molar-refractivity contribution in [2.75, 3.05) is 39.6 Å². The number of methoxy groups -OCH3 is 1. The van der Waals surface area contributed by atoms with Gasteiger partial charge in [0.05, 0.1) is 25.2 Å². The highest BCUT2D eigenvalue weighted by atomic mass is 32.2. The van der Waals surface area contributed by atoms with E-state index in [4.69, 9.17) is 9.15 Å². The minimum Gasteiger partial charge on any atom is -0.468 e. The molecule has 120 valence electrons. The number of sulfonamides is 1. The van der Waals surface area contributed by atoms with Crippen LogP contribution in [0.15, 0.2) is 22.8 Å². The Morgan fingerprint density at radius 3 is 3.00 bits per heavy atom. The first kappa shape index (κ1) is 16.5. The van der Waals surface area contributed by atoms with E-state index in [1.165, 1.54) is 6.26 Å². The van der Waals surface area contributed by atoms with Crippen molar-refractivity contribution in [3.63, 3.8) is 0 Å². The van der Waals surface area contributed by atoms with E-state index < -0.39 is 10.0 Å². The number of nitrogens with zero attached hydrogens (tertiary/aromatic N) is 1. The van der Waals surface area contributed by atoms with Gasteiger partial charge in [-0.25, -0.2) is 12.7 Å². The predicted molar refractivity (Wildman–Crippen MR) is 80.5 cm³/mol. The van der Waals surface area contributed by atoms with Crippen LogP contribution in [-0.4, -0.2) is 52.3 Å². The van der Waals surface area contributed by atoms with Crippen molar-refractivity contribution in [3.8, 4) is 0 Å². The van der Waals surface area contributed by atoms with Crippen LogP contribution in [0.25, 0.3) is 0 Å². The van der Waals surface area contributed by atoms with Crippen LogP contribution in [0.3, 0.4) is 0 Å². The fourth-order valence-corrected chi connectivity index (χ4v) is 3.64. The second-order valence-corrected chi connectivity index (χ2v) is 7.54. The lowest BCUT2D eigenvalue weighted by Crippen LogP contribution is -2.43. The third kappa shape index (κ3) is 4.81. The molecule has 2 atom stereocenters. The second kappa shape index (κ2) is 7.40. The Hall–Kier alpha value is -0.890. The van der Waals surface area contributed by atoms with Gasteiger partial charge in [0.25, 0.3) is 0 Å². The SMILES string of the molecule is COC[C@@H](NC[C@H]1CCCN(S(C)(=O)=O)C1)c1ccco1. The molecule has 2 heterocycles. The molecule has 0 radical (unpaired) electrons. The highest BCUT2D eigenvalue weighted by Gasteiger charge is 2.26. The molecule has 1 aliphatic rings. The average molecular weight is 316 g/mol. The molecule has 21 heavy (non-hydrogen) atoms. The molecule has 6 nitrogen and oxygen atoms in total. The molecule has 2 rings (SSSR count). The van der Waals surface area contributed by atoms with Gasteiger partial charge in [-0.2, -0.15) is 0 Å². The molecular formula is C14H24N2O4S. The lowest BCUT2D eigenvalue weighted by Gasteiger charge is -2.31. The third-order valence-electron chi connectivity index (χ3n) is 3.82. The van der Waals surface area contributed by atoms with Crippen molar-refractivity contribution in [2.45, 2.75) is 18.9 Å². The summed E-state index contributed by atoms with van der Waals surface area (Å²) in [6.45, 7) is 2.50. The van der Waals surface area contributed by atoms with Crippen molar-refractivity contribution >= 4 is 10.0 Å². The Labute approximate surface area is 126 Å². The van der Waals surface area contributed by atoms with Gasteiger partial charge in [-0.1, -0.05) is 0 Å². The van der Waals surface area contributed by atoms with E-state index in [0.29, 0.717) is 25.6 Å². The Balaban J connectivity index is 1.89. The minimum absolute atomic E-state index is 0.00129. The molecule has 1 N–H and O–H groups in total. The summed E-state index contributed by atoms with van der Waals surface area (Å²) < 4.78 is 35.5. The van der Waals surface area contributed by atoms with Crippen LogP contribution in [0.2, 0.25) is 0 Å². The van der Waals surface area contributed by atoms with Crippen molar-refractivity contribution in [2.24, 2.45) is 5.92 Å². The first-order valence-corrected chi connectivity index (χ1v) is 9.06. The predicted octanol–water partition coefficient (Wildman–Crippen LogP) is 1.23. The summed E-state index contributed by atoms with van der Waals surface area (Å²) in [5.41, 5.74) is 0. The van der Waals surface area contributed by atoms with Gasteiger partial charge in [-0.15, -0.1) is 0 Å². The zero-order valence-electron chi connectivity index (χ0n) is 12.6. The molecule has 0 bridgehead atoms. The molecule has 0 aromatic carbocycles. The van der Waals surface area contributed by atoms with E-state index in [1.54, 1.807) is 17.7 Å². The maximum atomic E-state index is 11.6. The van der Waals surface area contributed by atoms with E-state index in [0.717, 1.165) is 25.1 Å². The van der Waals surface area contributed by atoms with Crippen molar-refractivity contribution in [3.05, 3.63) is 24.2 Å². The summed E-state index contributed by atoms with van der Waals surface area (Å²) >= 11 is 0. The summed E-state index contributed by atoms with van der Waals surface area (Å²) in [5.74, 6) is 1.16. The Morgan fingerprint density at radius 1 is 1.57 bits per heavy atom. The molecule has 0 amide bonds. The van der Waals surface area contributed by atoms with Crippen molar-refractivity contribution in [1.82, 2.24) is 9.62 Å². The number of rotatable bonds is 7. The topological polar surface area (TPSA) is 71.8 Å². The number of hydrogen-bond donors (Lipinski definition) is 1. The molecule has 0 spiro atoms. The summed E-state index contributed by atoms with van der Waals surface area (Å²) in [6, 6.07) is 3.77. The largest absolute Gasteiger partial charge is 0.468 e. The summed E-state index contributed by atoms with van der Waals surface area (Å²) in [5, 5.41) is 3.42. The second-order valence-electron chi connectivity index (χ2n) is 5.56. The Kier molecular flexibility index (Phi) is 5.80. The van der Waals surface area contributed by atoms with Crippen LogP contribution in [0.1, 0.15) is 24.6 Å². The summed E-state index contributed by atoms with van der Waals surface area (Å²) in [7, 11) is -1.43. The van der Waals surface area contributed by atoms with Gasteiger partial charge in [-0.3, -0.25) is 0 Å². The quantitative estimate of drug-likeness (QED) is 0.819. The molecule has 1 aromatic rings. The van der Waals surface area contributed by atoms with Crippen molar-refractivity contribution in [1.29, 1.82) is 0 Å². The van der Waals surface area contributed by atoms with Crippen LogP contribution in [0, 0.1) is 5.92 Å². The number of hydrogen-bond acceptors (Lipinski definition) is 5. The maximum Gasteiger partial charge on any atom is 0.211 e. The molecule has 1 aliphatic heterocycles. The zero-order valence-corrected chi connectivity index (χ0v) is 13.4. The van der Waals surface area contributed by atoms with Gasteiger partial charge < -0.3 is 14.5 Å². The molecular weight excluding hydrogens is 292 g/mol. The molecule has 7 heteroatoms. The van der Waals surface area contributed by atoms with Gasteiger partial charge in [0.2, 0.25) is 10.0 Å². The number of furan rings is 1. The molecule has 0 aliphatic carbocycles. The Bertz CT molecular complexity index is 515. The number of ether oxygens (including phenoxy) is 1. The fourth-order valence-electron chi connectivity index (χ4n) is 2.70. The molecule has 1 aromatic heterocycles.